The summed E-state index contributed by atoms with van der Waals surface area (Å²) in [5, 5.41) is 0. The van der Waals surface area contributed by atoms with Crippen molar-refractivity contribution in [1.82, 2.24) is 4.90 Å². The van der Waals surface area contributed by atoms with Crippen molar-refractivity contribution < 1.29 is 4.79 Å². The third kappa shape index (κ3) is 3.40. The summed E-state index contributed by atoms with van der Waals surface area (Å²) >= 11 is 1.87. The summed E-state index contributed by atoms with van der Waals surface area (Å²) in [5.74, 6) is 3.06. The Hall–Kier alpha value is -0.710. The maximum atomic E-state index is 11.6. The van der Waals surface area contributed by atoms with Gasteiger partial charge in [0.1, 0.15) is 5.84 Å². The molecule has 0 aromatic rings. The van der Waals surface area contributed by atoms with Gasteiger partial charge >= 0.3 is 6.03 Å². The normalized spacial score (nSPS) is 20.8. The van der Waals surface area contributed by atoms with E-state index in [1.54, 1.807) is 4.90 Å². The fourth-order valence-electron chi connectivity index (χ4n) is 1.78. The van der Waals surface area contributed by atoms with E-state index in [0.29, 0.717) is 11.8 Å². The maximum absolute atomic E-state index is 11.6. The number of rotatable bonds is 6. The van der Waals surface area contributed by atoms with Crippen molar-refractivity contribution in [1.29, 1.82) is 0 Å². The molecule has 0 saturated heterocycles. The Kier molecular flexibility index (Phi) is 5.12. The van der Waals surface area contributed by atoms with Crippen molar-refractivity contribution >= 4 is 23.6 Å². The Morgan fingerprint density at radius 2 is 2.25 bits per heavy atom. The standard InChI is InChI=1S/C11H21N3OS/c1-4-16-6-5-9-10(12)13-11(15)14(9)7-8(2)3/h8-9H,4-7H2,1-3H3,(H2,12,13,15). The van der Waals surface area contributed by atoms with Crippen molar-refractivity contribution in [2.45, 2.75) is 33.2 Å². The zero-order valence-electron chi connectivity index (χ0n) is 10.3. The summed E-state index contributed by atoms with van der Waals surface area (Å²) in [6.07, 6.45) is 0.909. The van der Waals surface area contributed by atoms with Crippen LogP contribution in [-0.4, -0.2) is 40.9 Å². The maximum Gasteiger partial charge on any atom is 0.345 e. The highest BCUT2D eigenvalue weighted by Gasteiger charge is 2.32. The number of hydrogen-bond donors (Lipinski definition) is 1. The number of carbonyl (C=O) groups excluding carboxylic acids is 1. The van der Waals surface area contributed by atoms with Gasteiger partial charge in [-0.05, 0) is 23.8 Å². The van der Waals surface area contributed by atoms with Crippen molar-refractivity contribution in [2.75, 3.05) is 18.1 Å². The van der Waals surface area contributed by atoms with Gasteiger partial charge in [0, 0.05) is 6.54 Å². The zero-order chi connectivity index (χ0) is 12.1. The molecule has 1 aliphatic rings. The number of hydrogen-bond acceptors (Lipinski definition) is 3. The van der Waals surface area contributed by atoms with Gasteiger partial charge in [-0.3, -0.25) is 0 Å². The SMILES string of the molecule is CCSCCC1C(N)=NC(=O)N1CC(C)C. The van der Waals surface area contributed by atoms with Crippen LogP contribution in [0.3, 0.4) is 0 Å². The Bertz CT molecular complexity index is 278. The average molecular weight is 243 g/mol. The Morgan fingerprint density at radius 3 is 2.81 bits per heavy atom. The van der Waals surface area contributed by atoms with E-state index in [-0.39, 0.29) is 12.1 Å². The summed E-state index contributed by atoms with van der Waals surface area (Å²) in [7, 11) is 0. The molecule has 1 unspecified atom stereocenters. The third-order valence-electron chi connectivity index (χ3n) is 2.49. The van der Waals surface area contributed by atoms with E-state index < -0.39 is 0 Å². The molecule has 0 spiro atoms. The monoisotopic (exact) mass is 243 g/mol. The van der Waals surface area contributed by atoms with Crippen LogP contribution in [0.1, 0.15) is 27.2 Å². The Balaban J connectivity index is 2.55. The molecule has 5 heteroatoms. The van der Waals surface area contributed by atoms with E-state index in [1.807, 2.05) is 11.8 Å². The topological polar surface area (TPSA) is 58.7 Å². The fourth-order valence-corrected chi connectivity index (χ4v) is 2.46. The molecule has 2 amide bonds. The van der Waals surface area contributed by atoms with Gasteiger partial charge in [0.15, 0.2) is 0 Å². The van der Waals surface area contributed by atoms with Crippen LogP contribution >= 0.6 is 11.8 Å². The molecule has 0 radical (unpaired) electrons. The molecule has 2 N–H and O–H groups in total. The predicted molar refractivity (Wildman–Crippen MR) is 70.0 cm³/mol. The summed E-state index contributed by atoms with van der Waals surface area (Å²) in [5.41, 5.74) is 5.80. The number of nitrogens with two attached hydrogens (primary N) is 1. The van der Waals surface area contributed by atoms with Crippen LogP contribution < -0.4 is 5.73 Å². The molecule has 0 aromatic heterocycles. The fraction of sp³-hybridized carbons (Fsp3) is 0.818. The van der Waals surface area contributed by atoms with E-state index in [2.05, 4.69) is 25.8 Å². The molecule has 16 heavy (non-hydrogen) atoms. The first-order valence-electron chi connectivity index (χ1n) is 5.78. The summed E-state index contributed by atoms with van der Waals surface area (Å²) in [6, 6.07) is -0.147. The van der Waals surface area contributed by atoms with Gasteiger partial charge in [-0.2, -0.15) is 16.8 Å². The minimum absolute atomic E-state index is 0.0222. The summed E-state index contributed by atoms with van der Waals surface area (Å²) in [4.78, 5) is 17.3. The number of amidine groups is 1. The zero-order valence-corrected chi connectivity index (χ0v) is 11.1. The number of nitrogens with zero attached hydrogens (tertiary/aromatic N) is 2. The quantitative estimate of drug-likeness (QED) is 0.725. The highest BCUT2D eigenvalue weighted by atomic mass is 32.2. The smallest absolute Gasteiger partial charge is 0.345 e. The molecule has 4 nitrogen and oxygen atoms in total. The number of thioether (sulfide) groups is 1. The van der Waals surface area contributed by atoms with Crippen LogP contribution in [0.5, 0.6) is 0 Å². The lowest BCUT2D eigenvalue weighted by Gasteiger charge is -2.25. The van der Waals surface area contributed by atoms with Gasteiger partial charge in [-0.25, -0.2) is 4.79 Å². The lowest BCUT2D eigenvalue weighted by molar-refractivity contribution is 0.197. The lowest BCUT2D eigenvalue weighted by atomic mass is 10.1. The number of amides is 2. The molecule has 0 aliphatic carbocycles. The van der Waals surface area contributed by atoms with E-state index in [4.69, 9.17) is 5.73 Å². The first kappa shape index (κ1) is 13.4. The van der Waals surface area contributed by atoms with Crippen LogP contribution in [0.2, 0.25) is 0 Å². The number of aliphatic imine (C=N–C) groups is 1. The molecule has 92 valence electrons. The highest BCUT2D eigenvalue weighted by Crippen LogP contribution is 2.18. The summed E-state index contributed by atoms with van der Waals surface area (Å²) < 4.78 is 0. The van der Waals surface area contributed by atoms with Crippen LogP contribution in [-0.2, 0) is 0 Å². The molecular weight excluding hydrogens is 222 g/mol. The first-order chi connectivity index (χ1) is 7.56. The number of urea groups is 1. The minimum Gasteiger partial charge on any atom is -0.385 e. The molecule has 1 heterocycles. The van der Waals surface area contributed by atoms with Gasteiger partial charge in [-0.15, -0.1) is 0 Å². The predicted octanol–water partition coefficient (Wildman–Crippen LogP) is 1.95. The van der Waals surface area contributed by atoms with Crippen LogP contribution in [0.15, 0.2) is 4.99 Å². The van der Waals surface area contributed by atoms with Crippen molar-refractivity contribution in [2.24, 2.45) is 16.6 Å². The largest absolute Gasteiger partial charge is 0.385 e. The molecule has 0 saturated carbocycles. The van der Waals surface area contributed by atoms with Gasteiger partial charge in [0.25, 0.3) is 0 Å². The van der Waals surface area contributed by atoms with Gasteiger partial charge in [-0.1, -0.05) is 20.8 Å². The second-order valence-corrected chi connectivity index (χ2v) is 5.76. The molecule has 0 aromatic carbocycles. The van der Waals surface area contributed by atoms with Crippen molar-refractivity contribution in [3.8, 4) is 0 Å². The molecular formula is C11H21N3OS. The van der Waals surface area contributed by atoms with Crippen LogP contribution in [0.4, 0.5) is 4.79 Å². The second kappa shape index (κ2) is 6.13. The molecule has 1 atom stereocenters. The van der Waals surface area contributed by atoms with Crippen molar-refractivity contribution in [3.05, 3.63) is 0 Å². The van der Waals surface area contributed by atoms with E-state index in [0.717, 1.165) is 24.5 Å². The third-order valence-corrected chi connectivity index (χ3v) is 3.42. The molecule has 0 fully saturated rings. The Labute approximate surface area is 102 Å². The van der Waals surface area contributed by atoms with Gasteiger partial charge in [0.2, 0.25) is 0 Å². The molecule has 1 aliphatic heterocycles. The van der Waals surface area contributed by atoms with Crippen LogP contribution in [0.25, 0.3) is 0 Å². The first-order valence-corrected chi connectivity index (χ1v) is 6.94. The van der Waals surface area contributed by atoms with Gasteiger partial charge < -0.3 is 10.6 Å². The van der Waals surface area contributed by atoms with Crippen LogP contribution in [0, 0.1) is 5.92 Å². The van der Waals surface area contributed by atoms with E-state index in [1.165, 1.54) is 0 Å². The average Bonchev–Trinajstić information content (AvgIpc) is 2.44. The van der Waals surface area contributed by atoms with E-state index >= 15 is 0 Å². The lowest BCUT2D eigenvalue weighted by Crippen LogP contribution is -2.42. The number of carbonyl (C=O) groups is 1. The second-order valence-electron chi connectivity index (χ2n) is 4.37. The van der Waals surface area contributed by atoms with Crippen molar-refractivity contribution in [3.63, 3.8) is 0 Å². The minimum atomic E-state index is -0.169. The summed E-state index contributed by atoms with van der Waals surface area (Å²) in [6.45, 7) is 7.07. The molecule has 0 bridgehead atoms. The van der Waals surface area contributed by atoms with E-state index in [9.17, 15) is 4.79 Å². The highest BCUT2D eigenvalue weighted by molar-refractivity contribution is 7.99. The molecule has 1 rings (SSSR count). The Morgan fingerprint density at radius 1 is 1.56 bits per heavy atom. The van der Waals surface area contributed by atoms with Gasteiger partial charge in [0.05, 0.1) is 6.04 Å².